The Balaban J connectivity index is 1.43. The zero-order valence-electron chi connectivity index (χ0n) is 20.7. The molecule has 0 aliphatic carbocycles. The van der Waals surface area contributed by atoms with Crippen molar-refractivity contribution in [3.63, 3.8) is 0 Å². The molecule has 0 N–H and O–H groups in total. The van der Waals surface area contributed by atoms with Crippen molar-refractivity contribution >= 4 is 45.1 Å². The normalized spacial score (nSPS) is 11.2. The van der Waals surface area contributed by atoms with Crippen LogP contribution in [0, 0.1) is 13.8 Å². The van der Waals surface area contributed by atoms with Crippen LogP contribution in [0.4, 0.5) is 0 Å². The van der Waals surface area contributed by atoms with Crippen molar-refractivity contribution in [3.05, 3.63) is 108 Å². The summed E-state index contributed by atoms with van der Waals surface area (Å²) in [4.78, 5) is 2.53. The maximum absolute atomic E-state index is 6.51. The molecule has 0 aromatic heterocycles. The monoisotopic (exact) mass is 510 g/mol. The Morgan fingerprint density at radius 1 is 0.500 bits per heavy atom. The average molecular weight is 511 g/mol. The Morgan fingerprint density at radius 2 is 0.889 bits per heavy atom. The molecule has 0 atom stereocenters. The standard InChI is InChI=1S/C32H30O2S2/c1-23-21-29-30(22-24(23)2)32(34-18-20-36-26-13-7-4-8-14-26)28-16-10-9-15-27(28)31(29)33-17-19-35-25-11-5-3-6-12-25/h3-16,21-22H,17-20H2,1-2H3. The Labute approximate surface area is 222 Å². The molecular weight excluding hydrogens is 480 g/mol. The van der Waals surface area contributed by atoms with E-state index in [0.717, 1.165) is 44.5 Å². The third-order valence-electron chi connectivity index (χ3n) is 6.22. The van der Waals surface area contributed by atoms with Crippen LogP contribution in [0.25, 0.3) is 21.5 Å². The maximum atomic E-state index is 6.51. The summed E-state index contributed by atoms with van der Waals surface area (Å²) in [5, 5.41) is 4.44. The van der Waals surface area contributed by atoms with Gasteiger partial charge in [-0.25, -0.2) is 0 Å². The molecule has 0 spiro atoms. The van der Waals surface area contributed by atoms with Crippen LogP contribution in [0.15, 0.2) is 107 Å². The fraction of sp³-hybridized carbons (Fsp3) is 0.188. The number of hydrogen-bond acceptors (Lipinski definition) is 4. The van der Waals surface area contributed by atoms with E-state index in [9.17, 15) is 0 Å². The van der Waals surface area contributed by atoms with Gasteiger partial charge in [-0.15, -0.1) is 23.5 Å². The molecule has 2 nitrogen and oxygen atoms in total. The molecule has 0 aliphatic heterocycles. The first-order valence-electron chi connectivity index (χ1n) is 12.3. The van der Waals surface area contributed by atoms with E-state index in [2.05, 4.69) is 98.8 Å². The Hall–Kier alpha value is -3.08. The van der Waals surface area contributed by atoms with E-state index in [-0.39, 0.29) is 0 Å². The molecule has 4 heteroatoms. The smallest absolute Gasteiger partial charge is 0.135 e. The number of hydrogen-bond donors (Lipinski definition) is 0. The number of rotatable bonds is 10. The van der Waals surface area contributed by atoms with Crippen molar-refractivity contribution in [1.82, 2.24) is 0 Å². The molecule has 0 amide bonds. The van der Waals surface area contributed by atoms with Crippen LogP contribution in [0.2, 0.25) is 0 Å². The third kappa shape index (κ3) is 5.66. The van der Waals surface area contributed by atoms with E-state index >= 15 is 0 Å². The van der Waals surface area contributed by atoms with Gasteiger partial charge in [0.15, 0.2) is 0 Å². The summed E-state index contributed by atoms with van der Waals surface area (Å²) in [5.41, 5.74) is 2.51. The van der Waals surface area contributed by atoms with E-state index in [0.29, 0.717) is 13.2 Å². The number of benzene rings is 5. The summed E-state index contributed by atoms with van der Waals surface area (Å²) in [6.45, 7) is 5.60. The molecule has 0 unspecified atom stereocenters. The minimum atomic E-state index is 0.638. The highest BCUT2D eigenvalue weighted by molar-refractivity contribution is 7.99. The summed E-state index contributed by atoms with van der Waals surface area (Å²) in [6.07, 6.45) is 0. The highest BCUT2D eigenvalue weighted by Gasteiger charge is 2.17. The molecule has 0 aliphatic rings. The lowest BCUT2D eigenvalue weighted by Crippen LogP contribution is -2.05. The van der Waals surface area contributed by atoms with E-state index in [4.69, 9.17) is 9.47 Å². The molecule has 0 saturated heterocycles. The summed E-state index contributed by atoms with van der Waals surface area (Å²) < 4.78 is 13.0. The van der Waals surface area contributed by atoms with Crippen molar-refractivity contribution < 1.29 is 9.47 Å². The summed E-state index contributed by atoms with van der Waals surface area (Å²) >= 11 is 3.64. The third-order valence-corrected chi connectivity index (χ3v) is 8.18. The van der Waals surface area contributed by atoms with Crippen molar-refractivity contribution in [2.24, 2.45) is 0 Å². The van der Waals surface area contributed by atoms with Crippen LogP contribution >= 0.6 is 23.5 Å². The van der Waals surface area contributed by atoms with Gasteiger partial charge in [0, 0.05) is 42.8 Å². The molecule has 36 heavy (non-hydrogen) atoms. The highest BCUT2D eigenvalue weighted by Crippen LogP contribution is 2.44. The second kappa shape index (κ2) is 11.8. The van der Waals surface area contributed by atoms with Crippen LogP contribution in [-0.4, -0.2) is 24.7 Å². The number of fused-ring (bicyclic) bond motifs is 2. The molecule has 5 aromatic rings. The summed E-state index contributed by atoms with van der Waals surface area (Å²) in [7, 11) is 0. The maximum Gasteiger partial charge on any atom is 0.135 e. The van der Waals surface area contributed by atoms with E-state index < -0.39 is 0 Å². The first kappa shape index (κ1) is 24.6. The van der Waals surface area contributed by atoms with Gasteiger partial charge in [0.05, 0.1) is 13.2 Å². The fourth-order valence-corrected chi connectivity index (χ4v) is 5.82. The van der Waals surface area contributed by atoms with Gasteiger partial charge in [-0.2, -0.15) is 0 Å². The second-order valence-electron chi connectivity index (χ2n) is 8.71. The second-order valence-corrected chi connectivity index (χ2v) is 11.0. The molecule has 0 heterocycles. The lowest BCUT2D eigenvalue weighted by Gasteiger charge is -2.19. The van der Waals surface area contributed by atoms with Crippen molar-refractivity contribution in [1.29, 1.82) is 0 Å². The van der Waals surface area contributed by atoms with Gasteiger partial charge in [-0.1, -0.05) is 60.7 Å². The molecule has 0 radical (unpaired) electrons. The molecule has 182 valence electrons. The van der Waals surface area contributed by atoms with E-state index in [1.165, 1.54) is 20.9 Å². The Morgan fingerprint density at radius 3 is 1.31 bits per heavy atom. The number of ether oxygens (including phenoxy) is 2. The first-order chi connectivity index (χ1) is 17.7. The highest BCUT2D eigenvalue weighted by atomic mass is 32.2. The van der Waals surface area contributed by atoms with Crippen molar-refractivity contribution in [2.75, 3.05) is 24.7 Å². The van der Waals surface area contributed by atoms with Gasteiger partial charge in [0.1, 0.15) is 11.5 Å². The number of thioether (sulfide) groups is 2. The van der Waals surface area contributed by atoms with Crippen LogP contribution in [0.1, 0.15) is 11.1 Å². The van der Waals surface area contributed by atoms with Gasteiger partial charge in [0.2, 0.25) is 0 Å². The predicted octanol–water partition coefficient (Wildman–Crippen LogP) is 8.95. The van der Waals surface area contributed by atoms with Crippen molar-refractivity contribution in [3.8, 4) is 11.5 Å². The molecule has 5 aromatic carbocycles. The van der Waals surface area contributed by atoms with Crippen molar-refractivity contribution in [2.45, 2.75) is 23.6 Å². The molecule has 5 rings (SSSR count). The summed E-state index contributed by atoms with van der Waals surface area (Å²) in [6, 6.07) is 33.9. The van der Waals surface area contributed by atoms with Gasteiger partial charge in [-0.05, 0) is 61.4 Å². The molecule has 0 fully saturated rings. The molecule has 0 saturated carbocycles. The Bertz CT molecular complexity index is 1340. The average Bonchev–Trinajstić information content (AvgIpc) is 2.92. The van der Waals surface area contributed by atoms with E-state index in [1.54, 1.807) is 0 Å². The summed E-state index contributed by atoms with van der Waals surface area (Å²) in [5.74, 6) is 3.67. The SMILES string of the molecule is Cc1cc2c(OCCSc3ccccc3)c3ccccc3c(OCCSc3ccccc3)c2cc1C. The van der Waals surface area contributed by atoms with Gasteiger partial charge in [0.25, 0.3) is 0 Å². The van der Waals surface area contributed by atoms with Gasteiger partial charge < -0.3 is 9.47 Å². The molecular formula is C32H30O2S2. The minimum absolute atomic E-state index is 0.638. The zero-order chi connectivity index (χ0) is 24.7. The predicted molar refractivity (Wildman–Crippen MR) is 156 cm³/mol. The van der Waals surface area contributed by atoms with Gasteiger partial charge >= 0.3 is 0 Å². The topological polar surface area (TPSA) is 18.5 Å². The Kier molecular flexibility index (Phi) is 8.04. The quantitative estimate of drug-likeness (QED) is 0.106. The van der Waals surface area contributed by atoms with Crippen LogP contribution in [0.5, 0.6) is 11.5 Å². The fourth-order valence-electron chi connectivity index (χ4n) is 4.31. The largest absolute Gasteiger partial charge is 0.491 e. The van der Waals surface area contributed by atoms with E-state index in [1.807, 2.05) is 35.7 Å². The van der Waals surface area contributed by atoms with Crippen LogP contribution in [-0.2, 0) is 0 Å². The lowest BCUT2D eigenvalue weighted by molar-refractivity contribution is 0.346. The van der Waals surface area contributed by atoms with Crippen LogP contribution in [0.3, 0.4) is 0 Å². The lowest BCUT2D eigenvalue weighted by atomic mass is 9.96. The van der Waals surface area contributed by atoms with Crippen LogP contribution < -0.4 is 9.47 Å². The molecule has 0 bridgehead atoms. The van der Waals surface area contributed by atoms with Gasteiger partial charge in [-0.3, -0.25) is 0 Å². The first-order valence-corrected chi connectivity index (χ1v) is 14.2. The number of aryl methyl sites for hydroxylation is 2. The minimum Gasteiger partial charge on any atom is -0.491 e. The zero-order valence-corrected chi connectivity index (χ0v) is 22.3.